The lowest BCUT2D eigenvalue weighted by atomic mass is 9.95. The number of nitrogens with zero attached hydrogens (tertiary/aromatic N) is 1. The molecule has 128 valence electrons. The zero-order chi connectivity index (χ0) is 17.2. The minimum absolute atomic E-state index is 0.120. The Morgan fingerprint density at radius 1 is 1.17 bits per heavy atom. The normalized spacial score (nSPS) is 17.4. The third-order valence-corrected chi connectivity index (χ3v) is 6.17. The second-order valence-electron chi connectivity index (χ2n) is 6.39. The molecule has 24 heavy (non-hydrogen) atoms. The van der Waals surface area contributed by atoms with E-state index in [1.807, 2.05) is 48.5 Å². The van der Waals surface area contributed by atoms with E-state index in [1.165, 1.54) is 0 Å². The molecule has 2 aromatic rings. The summed E-state index contributed by atoms with van der Waals surface area (Å²) >= 11 is 0. The van der Waals surface area contributed by atoms with Gasteiger partial charge in [-0.05, 0) is 48.1 Å². The molecule has 0 N–H and O–H groups in total. The Labute approximate surface area is 144 Å². The van der Waals surface area contributed by atoms with E-state index in [9.17, 15) is 8.42 Å². The molecule has 0 radical (unpaired) electrons. The summed E-state index contributed by atoms with van der Waals surface area (Å²) in [5.74, 6) is 1.18. The molecule has 0 aromatic heterocycles. The number of rotatable bonds is 5. The highest BCUT2D eigenvalue weighted by molar-refractivity contribution is 7.92. The summed E-state index contributed by atoms with van der Waals surface area (Å²) < 4.78 is 32.7. The molecule has 3 rings (SSSR count). The molecule has 0 amide bonds. The van der Waals surface area contributed by atoms with Gasteiger partial charge in [0, 0.05) is 6.54 Å². The summed E-state index contributed by atoms with van der Waals surface area (Å²) in [5.41, 5.74) is 2.87. The van der Waals surface area contributed by atoms with Crippen LogP contribution >= 0.6 is 0 Å². The van der Waals surface area contributed by atoms with Crippen molar-refractivity contribution < 1.29 is 13.2 Å². The first-order chi connectivity index (χ1) is 11.5. The fourth-order valence-corrected chi connectivity index (χ4v) is 4.86. The smallest absolute Gasteiger partial charge is 0.235 e. The molecule has 1 aliphatic rings. The molecule has 1 atom stereocenters. The number of fused-ring (bicyclic) bond motifs is 1. The maximum Gasteiger partial charge on any atom is 0.235 e. The molecule has 0 saturated carbocycles. The second kappa shape index (κ2) is 6.85. The van der Waals surface area contributed by atoms with Gasteiger partial charge in [-0.1, -0.05) is 37.3 Å². The minimum atomic E-state index is -3.35. The van der Waals surface area contributed by atoms with Crippen LogP contribution in [0, 0.1) is 5.92 Å². The van der Waals surface area contributed by atoms with Crippen LogP contribution in [-0.4, -0.2) is 27.8 Å². The lowest BCUT2D eigenvalue weighted by molar-refractivity contribution is 0.413. The fourth-order valence-electron chi connectivity index (χ4n) is 3.18. The maximum absolute atomic E-state index is 12.9. The Morgan fingerprint density at radius 2 is 1.92 bits per heavy atom. The van der Waals surface area contributed by atoms with E-state index in [0.29, 0.717) is 13.0 Å². The third kappa shape index (κ3) is 3.56. The van der Waals surface area contributed by atoms with Crippen molar-refractivity contribution in [3.8, 4) is 5.75 Å². The molecule has 0 saturated heterocycles. The summed E-state index contributed by atoms with van der Waals surface area (Å²) in [6.45, 7) is 2.62. The van der Waals surface area contributed by atoms with Crippen LogP contribution in [0.4, 0.5) is 5.69 Å². The number of anilines is 1. The number of hydrogen-bond acceptors (Lipinski definition) is 3. The van der Waals surface area contributed by atoms with Gasteiger partial charge in [0.15, 0.2) is 0 Å². The van der Waals surface area contributed by atoms with Crippen molar-refractivity contribution in [2.75, 3.05) is 23.7 Å². The van der Waals surface area contributed by atoms with E-state index in [0.717, 1.165) is 29.0 Å². The topological polar surface area (TPSA) is 46.6 Å². The van der Waals surface area contributed by atoms with E-state index in [1.54, 1.807) is 11.4 Å². The summed E-state index contributed by atoms with van der Waals surface area (Å²) in [6, 6.07) is 15.4. The van der Waals surface area contributed by atoms with Gasteiger partial charge in [0.05, 0.1) is 18.6 Å². The highest BCUT2D eigenvalue weighted by Crippen LogP contribution is 2.34. The van der Waals surface area contributed by atoms with E-state index < -0.39 is 10.0 Å². The Kier molecular flexibility index (Phi) is 4.81. The fraction of sp³-hybridized carbons (Fsp3) is 0.368. The van der Waals surface area contributed by atoms with Gasteiger partial charge >= 0.3 is 0 Å². The van der Waals surface area contributed by atoms with Gasteiger partial charge < -0.3 is 4.74 Å². The van der Waals surface area contributed by atoms with Gasteiger partial charge in [0.2, 0.25) is 10.0 Å². The summed E-state index contributed by atoms with van der Waals surface area (Å²) in [5, 5.41) is 0. The molecule has 0 aliphatic carbocycles. The lowest BCUT2D eigenvalue weighted by Crippen LogP contribution is -2.40. The maximum atomic E-state index is 12.9. The molecule has 0 fully saturated rings. The zero-order valence-corrected chi connectivity index (χ0v) is 14.9. The monoisotopic (exact) mass is 345 g/mol. The van der Waals surface area contributed by atoms with Crippen LogP contribution in [0.25, 0.3) is 0 Å². The van der Waals surface area contributed by atoms with Crippen LogP contribution in [0.5, 0.6) is 5.75 Å². The van der Waals surface area contributed by atoms with E-state index in [-0.39, 0.29) is 11.7 Å². The second-order valence-corrected chi connectivity index (χ2v) is 8.40. The van der Waals surface area contributed by atoms with Crippen LogP contribution in [0.3, 0.4) is 0 Å². The van der Waals surface area contributed by atoms with Crippen molar-refractivity contribution >= 4 is 15.7 Å². The molecule has 0 bridgehead atoms. The van der Waals surface area contributed by atoms with Crippen LogP contribution < -0.4 is 9.04 Å². The zero-order valence-electron chi connectivity index (χ0n) is 14.1. The van der Waals surface area contributed by atoms with Crippen molar-refractivity contribution in [2.24, 2.45) is 5.92 Å². The lowest BCUT2D eigenvalue weighted by Gasteiger charge is -2.34. The quantitative estimate of drug-likeness (QED) is 0.835. The molecular weight excluding hydrogens is 322 g/mol. The standard InChI is InChI=1S/C19H23NO3S/c1-15-12-17-13-18(23-2)8-9-19(17)20(14-15)24(21,22)11-10-16-6-4-3-5-7-16/h3-9,13,15H,10-12,14H2,1-2H3. The minimum Gasteiger partial charge on any atom is -0.497 e. The molecule has 4 nitrogen and oxygen atoms in total. The van der Waals surface area contributed by atoms with Gasteiger partial charge in [-0.2, -0.15) is 0 Å². The highest BCUT2D eigenvalue weighted by atomic mass is 32.2. The predicted octanol–water partition coefficient (Wildman–Crippen LogP) is 3.27. The molecule has 0 spiro atoms. The molecule has 2 aromatic carbocycles. The van der Waals surface area contributed by atoms with Crippen LogP contribution in [0.15, 0.2) is 48.5 Å². The third-order valence-electron chi connectivity index (χ3n) is 4.43. The van der Waals surface area contributed by atoms with Crippen LogP contribution in [0.2, 0.25) is 0 Å². The number of ether oxygens (including phenoxy) is 1. The summed E-state index contributed by atoms with van der Waals surface area (Å²) in [4.78, 5) is 0. The SMILES string of the molecule is COc1ccc2c(c1)CC(C)CN2S(=O)(=O)CCc1ccccc1. The molecule has 5 heteroatoms. The Balaban J connectivity index is 1.85. The highest BCUT2D eigenvalue weighted by Gasteiger charge is 2.30. The molecular formula is C19H23NO3S. The average molecular weight is 345 g/mol. The van der Waals surface area contributed by atoms with Crippen molar-refractivity contribution in [2.45, 2.75) is 19.8 Å². The van der Waals surface area contributed by atoms with Crippen molar-refractivity contribution in [3.63, 3.8) is 0 Å². The molecule has 1 heterocycles. The van der Waals surface area contributed by atoms with Crippen molar-refractivity contribution in [1.82, 2.24) is 0 Å². The molecule has 1 unspecified atom stereocenters. The van der Waals surface area contributed by atoms with Crippen LogP contribution in [0.1, 0.15) is 18.1 Å². The number of methoxy groups -OCH3 is 1. The predicted molar refractivity (Wildman–Crippen MR) is 97.1 cm³/mol. The number of aryl methyl sites for hydroxylation is 1. The first-order valence-corrected chi connectivity index (χ1v) is 9.82. The van der Waals surface area contributed by atoms with Crippen molar-refractivity contribution in [1.29, 1.82) is 0 Å². The van der Waals surface area contributed by atoms with Gasteiger partial charge in [0.25, 0.3) is 0 Å². The first-order valence-electron chi connectivity index (χ1n) is 8.21. The van der Waals surface area contributed by atoms with Gasteiger partial charge in [-0.15, -0.1) is 0 Å². The van der Waals surface area contributed by atoms with E-state index in [4.69, 9.17) is 4.74 Å². The van der Waals surface area contributed by atoms with Crippen molar-refractivity contribution in [3.05, 3.63) is 59.7 Å². The Morgan fingerprint density at radius 3 is 2.62 bits per heavy atom. The summed E-state index contributed by atoms with van der Waals surface area (Å²) in [6.07, 6.45) is 1.40. The van der Waals surface area contributed by atoms with E-state index in [2.05, 4.69) is 6.92 Å². The van der Waals surface area contributed by atoms with Gasteiger partial charge in [0.1, 0.15) is 5.75 Å². The summed E-state index contributed by atoms with van der Waals surface area (Å²) in [7, 11) is -1.73. The average Bonchev–Trinajstić information content (AvgIpc) is 2.59. The Hall–Kier alpha value is -2.01. The Bertz CT molecular complexity index is 803. The largest absolute Gasteiger partial charge is 0.497 e. The van der Waals surface area contributed by atoms with Gasteiger partial charge in [-0.3, -0.25) is 4.31 Å². The molecule has 1 aliphatic heterocycles. The van der Waals surface area contributed by atoms with Crippen LogP contribution in [-0.2, 0) is 22.9 Å². The number of benzene rings is 2. The first kappa shape index (κ1) is 16.8. The van der Waals surface area contributed by atoms with Gasteiger partial charge in [-0.25, -0.2) is 8.42 Å². The number of hydrogen-bond donors (Lipinski definition) is 0. The number of sulfonamides is 1. The van der Waals surface area contributed by atoms with E-state index >= 15 is 0 Å².